The molecule has 1 rings (SSSR count). The number of rotatable bonds is 7. The summed E-state index contributed by atoms with van der Waals surface area (Å²) in [6, 6.07) is 9.22. The Balaban J connectivity index is 2.38. The van der Waals surface area contributed by atoms with Gasteiger partial charge in [-0.05, 0) is 24.2 Å². The minimum atomic E-state index is -0.864. The summed E-state index contributed by atoms with van der Waals surface area (Å²) in [6.45, 7) is 2.62. The first-order chi connectivity index (χ1) is 9.13. The summed E-state index contributed by atoms with van der Waals surface area (Å²) in [5.41, 5.74) is 1.10. The van der Waals surface area contributed by atoms with Gasteiger partial charge in [-0.15, -0.1) is 0 Å². The van der Waals surface area contributed by atoms with E-state index in [2.05, 4.69) is 10.6 Å². The molecule has 0 radical (unpaired) electrons. The third-order valence-electron chi connectivity index (χ3n) is 2.75. The summed E-state index contributed by atoms with van der Waals surface area (Å²) in [5, 5.41) is 15.3. The molecule has 0 amide bonds. The fourth-order valence-electron chi connectivity index (χ4n) is 1.65. The van der Waals surface area contributed by atoms with Crippen molar-refractivity contribution in [3.63, 3.8) is 0 Å². The highest BCUT2D eigenvalue weighted by molar-refractivity contribution is 7.80. The second-order valence-electron chi connectivity index (χ2n) is 4.35. The predicted molar refractivity (Wildman–Crippen MR) is 80.0 cm³/mol. The van der Waals surface area contributed by atoms with Gasteiger partial charge in [-0.1, -0.05) is 50.1 Å². The van der Waals surface area contributed by atoms with Crippen molar-refractivity contribution in [1.29, 1.82) is 0 Å². The van der Waals surface area contributed by atoms with E-state index in [1.807, 2.05) is 37.3 Å². The molecule has 0 aliphatic rings. The molecule has 4 nitrogen and oxygen atoms in total. The maximum atomic E-state index is 11.1. The van der Waals surface area contributed by atoms with Crippen molar-refractivity contribution in [2.24, 2.45) is 0 Å². The standard InChI is InChI=1S/C14H20N2O2S/c1-2-3-9-12(13(17)18)16-14(19)15-10-11-7-5-4-6-8-11/h4-8,12H,2-3,9-10H2,1H3,(H,17,18)(H2,15,16,19). The predicted octanol–water partition coefficient (Wildman–Crippen LogP) is 2.29. The molecule has 0 spiro atoms. The molecule has 0 heterocycles. The number of carboxylic acid groups (broad SMARTS) is 1. The summed E-state index contributed by atoms with van der Waals surface area (Å²) in [6.07, 6.45) is 2.42. The van der Waals surface area contributed by atoms with Crippen LogP contribution in [0.4, 0.5) is 0 Å². The molecule has 0 aliphatic heterocycles. The molecule has 1 aromatic rings. The van der Waals surface area contributed by atoms with E-state index in [1.165, 1.54) is 0 Å². The lowest BCUT2D eigenvalue weighted by Gasteiger charge is -2.17. The van der Waals surface area contributed by atoms with E-state index in [0.29, 0.717) is 18.1 Å². The van der Waals surface area contributed by atoms with E-state index < -0.39 is 12.0 Å². The molecule has 5 heteroatoms. The summed E-state index contributed by atoms with van der Waals surface area (Å²) in [4.78, 5) is 11.1. The van der Waals surface area contributed by atoms with Gasteiger partial charge in [0.2, 0.25) is 0 Å². The van der Waals surface area contributed by atoms with Crippen molar-refractivity contribution < 1.29 is 9.90 Å². The molecule has 0 saturated heterocycles. The minimum Gasteiger partial charge on any atom is -0.480 e. The number of hydrogen-bond acceptors (Lipinski definition) is 2. The first-order valence-corrected chi connectivity index (χ1v) is 6.85. The maximum absolute atomic E-state index is 11.1. The van der Waals surface area contributed by atoms with Crippen LogP contribution in [0.15, 0.2) is 30.3 Å². The number of carbonyl (C=O) groups is 1. The molecular weight excluding hydrogens is 260 g/mol. The van der Waals surface area contributed by atoms with Crippen LogP contribution < -0.4 is 10.6 Å². The van der Waals surface area contributed by atoms with Gasteiger partial charge in [0.25, 0.3) is 0 Å². The van der Waals surface area contributed by atoms with Gasteiger partial charge in [-0.3, -0.25) is 0 Å². The Labute approximate surface area is 119 Å². The van der Waals surface area contributed by atoms with Crippen LogP contribution in [0.1, 0.15) is 31.7 Å². The van der Waals surface area contributed by atoms with Gasteiger partial charge in [-0.2, -0.15) is 0 Å². The quantitative estimate of drug-likeness (QED) is 0.669. The number of carboxylic acids is 1. The zero-order chi connectivity index (χ0) is 14.1. The second kappa shape index (κ2) is 8.48. The van der Waals surface area contributed by atoms with Crippen molar-refractivity contribution in [3.8, 4) is 0 Å². The zero-order valence-corrected chi connectivity index (χ0v) is 11.9. The van der Waals surface area contributed by atoms with Gasteiger partial charge in [0, 0.05) is 6.54 Å². The highest BCUT2D eigenvalue weighted by Crippen LogP contribution is 2.01. The Hall–Kier alpha value is -1.62. The first kappa shape index (κ1) is 15.4. The van der Waals surface area contributed by atoms with E-state index in [-0.39, 0.29) is 0 Å². The van der Waals surface area contributed by atoms with Crippen LogP contribution in [0.3, 0.4) is 0 Å². The topological polar surface area (TPSA) is 61.4 Å². The number of thiocarbonyl (C=S) groups is 1. The highest BCUT2D eigenvalue weighted by atomic mass is 32.1. The van der Waals surface area contributed by atoms with Crippen LogP contribution in [0.5, 0.6) is 0 Å². The monoisotopic (exact) mass is 280 g/mol. The Morgan fingerprint density at radius 1 is 1.37 bits per heavy atom. The fourth-order valence-corrected chi connectivity index (χ4v) is 1.87. The molecular formula is C14H20N2O2S. The smallest absolute Gasteiger partial charge is 0.326 e. The molecule has 0 aliphatic carbocycles. The molecule has 3 N–H and O–H groups in total. The van der Waals surface area contributed by atoms with E-state index in [4.69, 9.17) is 17.3 Å². The lowest BCUT2D eigenvalue weighted by Crippen LogP contribution is -2.45. The SMILES string of the molecule is CCCCC(NC(=S)NCc1ccccc1)C(=O)O. The summed E-state index contributed by atoms with van der Waals surface area (Å²) in [7, 11) is 0. The molecule has 1 aromatic carbocycles. The van der Waals surface area contributed by atoms with Gasteiger partial charge in [0.1, 0.15) is 6.04 Å². The third kappa shape index (κ3) is 6.20. The van der Waals surface area contributed by atoms with Crippen LogP contribution in [-0.4, -0.2) is 22.2 Å². The second-order valence-corrected chi connectivity index (χ2v) is 4.75. The van der Waals surface area contributed by atoms with E-state index >= 15 is 0 Å². The molecule has 104 valence electrons. The van der Waals surface area contributed by atoms with E-state index in [0.717, 1.165) is 18.4 Å². The third-order valence-corrected chi connectivity index (χ3v) is 3.01. The molecule has 0 aromatic heterocycles. The van der Waals surface area contributed by atoms with Crippen LogP contribution in [-0.2, 0) is 11.3 Å². The van der Waals surface area contributed by atoms with Crippen LogP contribution in [0.2, 0.25) is 0 Å². The lowest BCUT2D eigenvalue weighted by atomic mass is 10.1. The number of aliphatic carboxylic acids is 1. The van der Waals surface area contributed by atoms with Gasteiger partial charge < -0.3 is 15.7 Å². The van der Waals surface area contributed by atoms with Crippen molar-refractivity contribution >= 4 is 23.3 Å². The number of hydrogen-bond donors (Lipinski definition) is 3. The Bertz CT molecular complexity index is 409. The Kier molecular flexibility index (Phi) is 6.89. The number of nitrogens with one attached hydrogen (secondary N) is 2. The Morgan fingerprint density at radius 3 is 2.63 bits per heavy atom. The van der Waals surface area contributed by atoms with Gasteiger partial charge in [-0.25, -0.2) is 4.79 Å². The van der Waals surface area contributed by atoms with Gasteiger partial charge >= 0.3 is 5.97 Å². The van der Waals surface area contributed by atoms with E-state index in [9.17, 15) is 4.79 Å². The summed E-state index contributed by atoms with van der Waals surface area (Å²) < 4.78 is 0. The summed E-state index contributed by atoms with van der Waals surface area (Å²) in [5.74, 6) is -0.864. The van der Waals surface area contributed by atoms with E-state index in [1.54, 1.807) is 0 Å². The molecule has 19 heavy (non-hydrogen) atoms. The molecule has 1 unspecified atom stereocenters. The number of unbranched alkanes of at least 4 members (excludes halogenated alkanes) is 1. The average molecular weight is 280 g/mol. The summed E-state index contributed by atoms with van der Waals surface area (Å²) >= 11 is 5.11. The van der Waals surface area contributed by atoms with Crippen LogP contribution in [0, 0.1) is 0 Å². The van der Waals surface area contributed by atoms with Crippen molar-refractivity contribution in [2.45, 2.75) is 38.8 Å². The first-order valence-electron chi connectivity index (χ1n) is 6.44. The van der Waals surface area contributed by atoms with Crippen molar-refractivity contribution in [1.82, 2.24) is 10.6 Å². The fraction of sp³-hybridized carbons (Fsp3) is 0.429. The zero-order valence-electron chi connectivity index (χ0n) is 11.1. The highest BCUT2D eigenvalue weighted by Gasteiger charge is 2.17. The lowest BCUT2D eigenvalue weighted by molar-refractivity contribution is -0.139. The van der Waals surface area contributed by atoms with Crippen molar-refractivity contribution in [2.75, 3.05) is 0 Å². The molecule has 0 fully saturated rings. The molecule has 0 saturated carbocycles. The molecule has 0 bridgehead atoms. The number of benzene rings is 1. The van der Waals surface area contributed by atoms with Crippen molar-refractivity contribution in [3.05, 3.63) is 35.9 Å². The minimum absolute atomic E-state index is 0.382. The van der Waals surface area contributed by atoms with Crippen LogP contribution >= 0.6 is 12.2 Å². The van der Waals surface area contributed by atoms with Gasteiger partial charge in [0.15, 0.2) is 5.11 Å². The molecule has 1 atom stereocenters. The Morgan fingerprint density at radius 2 is 2.05 bits per heavy atom. The van der Waals surface area contributed by atoms with Gasteiger partial charge in [0.05, 0.1) is 0 Å². The average Bonchev–Trinajstić information content (AvgIpc) is 2.42. The largest absolute Gasteiger partial charge is 0.480 e. The normalized spacial score (nSPS) is 11.6. The maximum Gasteiger partial charge on any atom is 0.326 e. The van der Waals surface area contributed by atoms with Crippen LogP contribution in [0.25, 0.3) is 0 Å².